The summed E-state index contributed by atoms with van der Waals surface area (Å²) in [5.41, 5.74) is 2.91. The molecule has 0 spiro atoms. The molecule has 0 atom stereocenters. The zero-order chi connectivity index (χ0) is 18.9. The molecule has 3 aromatic carbocycles. The van der Waals surface area contributed by atoms with Crippen molar-refractivity contribution in [1.29, 1.82) is 0 Å². The summed E-state index contributed by atoms with van der Waals surface area (Å²) in [6.45, 7) is 0.519. The number of thioether (sulfide) groups is 1. The Morgan fingerprint density at radius 3 is 2.37 bits per heavy atom. The van der Waals surface area contributed by atoms with Crippen molar-refractivity contribution >= 4 is 35.0 Å². The number of hydrogen-bond donors (Lipinski definition) is 1. The molecule has 0 aliphatic carbocycles. The van der Waals surface area contributed by atoms with Gasteiger partial charge in [0.25, 0.3) is 0 Å². The topological polar surface area (TPSA) is 38.3 Å². The third kappa shape index (κ3) is 6.35. The van der Waals surface area contributed by atoms with Crippen molar-refractivity contribution in [3.05, 3.63) is 95.0 Å². The van der Waals surface area contributed by atoms with E-state index in [9.17, 15) is 4.79 Å². The molecule has 1 amide bonds. The lowest BCUT2D eigenvalue weighted by atomic mass is 10.2. The maximum Gasteiger partial charge on any atom is 0.234 e. The number of carbonyl (C=O) groups excluding carboxylic acids is 1. The molecule has 0 bridgehead atoms. The average Bonchev–Trinajstić information content (AvgIpc) is 2.70. The molecule has 0 aliphatic heterocycles. The predicted octanol–water partition coefficient (Wildman–Crippen LogP) is 5.79. The molecule has 3 aromatic rings. The summed E-state index contributed by atoms with van der Waals surface area (Å²) in [6.07, 6.45) is 0. The molecule has 0 heterocycles. The average molecular weight is 398 g/mol. The molecular formula is C22H20ClNO2S. The van der Waals surface area contributed by atoms with Gasteiger partial charge < -0.3 is 10.1 Å². The van der Waals surface area contributed by atoms with Crippen LogP contribution in [0.5, 0.6) is 5.75 Å². The van der Waals surface area contributed by atoms with Crippen LogP contribution in [0.4, 0.5) is 5.69 Å². The van der Waals surface area contributed by atoms with Gasteiger partial charge in [0.2, 0.25) is 5.91 Å². The molecule has 0 radical (unpaired) electrons. The maximum absolute atomic E-state index is 12.1. The SMILES string of the molecule is O=C(CSCc1ccccc1Cl)Nc1ccc(OCc2ccccc2)cc1. The summed E-state index contributed by atoms with van der Waals surface area (Å²) in [6, 6.07) is 25.1. The second-order valence-corrected chi connectivity index (χ2v) is 7.32. The van der Waals surface area contributed by atoms with Crippen molar-refractivity contribution in [2.75, 3.05) is 11.1 Å². The van der Waals surface area contributed by atoms with Crippen molar-refractivity contribution in [3.8, 4) is 5.75 Å². The Balaban J connectivity index is 1.42. The summed E-state index contributed by atoms with van der Waals surface area (Å²) < 4.78 is 5.75. The van der Waals surface area contributed by atoms with Crippen LogP contribution in [0.15, 0.2) is 78.9 Å². The molecule has 3 nitrogen and oxygen atoms in total. The van der Waals surface area contributed by atoms with Crippen LogP contribution < -0.4 is 10.1 Å². The Labute approximate surface area is 168 Å². The third-order valence-electron chi connectivity index (χ3n) is 3.83. The summed E-state index contributed by atoms with van der Waals surface area (Å²) in [7, 11) is 0. The number of halogens is 1. The van der Waals surface area contributed by atoms with Crippen LogP contribution in [-0.2, 0) is 17.2 Å². The Kier molecular flexibility index (Phi) is 7.19. The minimum absolute atomic E-state index is 0.0370. The fourth-order valence-electron chi connectivity index (χ4n) is 2.44. The molecule has 3 rings (SSSR count). The Hall–Kier alpha value is -2.43. The van der Waals surface area contributed by atoms with Crippen molar-refractivity contribution in [3.63, 3.8) is 0 Å². The lowest BCUT2D eigenvalue weighted by molar-refractivity contribution is -0.113. The second-order valence-electron chi connectivity index (χ2n) is 5.93. The predicted molar refractivity (Wildman–Crippen MR) is 113 cm³/mol. The van der Waals surface area contributed by atoms with Gasteiger partial charge in [-0.05, 0) is 41.5 Å². The van der Waals surface area contributed by atoms with Gasteiger partial charge in [-0.25, -0.2) is 0 Å². The molecule has 0 aliphatic rings. The van der Waals surface area contributed by atoms with E-state index >= 15 is 0 Å². The lowest BCUT2D eigenvalue weighted by Gasteiger charge is -2.09. The van der Waals surface area contributed by atoms with E-state index in [-0.39, 0.29) is 5.91 Å². The normalized spacial score (nSPS) is 10.4. The molecule has 0 fully saturated rings. The second kappa shape index (κ2) is 10.0. The van der Waals surface area contributed by atoms with E-state index in [1.54, 1.807) is 0 Å². The quantitative estimate of drug-likeness (QED) is 0.522. The summed E-state index contributed by atoms with van der Waals surface area (Å²) in [4.78, 5) is 12.1. The first-order valence-corrected chi connectivity index (χ1v) is 10.1. The lowest BCUT2D eigenvalue weighted by Crippen LogP contribution is -2.14. The number of anilines is 1. The van der Waals surface area contributed by atoms with Gasteiger partial charge in [-0.3, -0.25) is 4.79 Å². The number of ether oxygens (including phenoxy) is 1. The van der Waals surface area contributed by atoms with E-state index in [0.717, 1.165) is 27.6 Å². The Morgan fingerprint density at radius 2 is 1.63 bits per heavy atom. The van der Waals surface area contributed by atoms with E-state index in [2.05, 4.69) is 5.32 Å². The minimum Gasteiger partial charge on any atom is -0.489 e. The number of carbonyl (C=O) groups is 1. The molecule has 27 heavy (non-hydrogen) atoms. The minimum atomic E-state index is -0.0370. The van der Waals surface area contributed by atoms with Crippen LogP contribution in [0.1, 0.15) is 11.1 Å². The van der Waals surface area contributed by atoms with Crippen molar-refractivity contribution < 1.29 is 9.53 Å². The fraction of sp³-hybridized carbons (Fsp3) is 0.136. The van der Waals surface area contributed by atoms with Gasteiger partial charge in [-0.1, -0.05) is 60.1 Å². The first-order valence-electron chi connectivity index (χ1n) is 8.58. The number of hydrogen-bond acceptors (Lipinski definition) is 3. The number of rotatable bonds is 8. The summed E-state index contributed by atoms with van der Waals surface area (Å²) in [5, 5.41) is 3.63. The largest absolute Gasteiger partial charge is 0.489 e. The van der Waals surface area contributed by atoms with E-state index in [1.807, 2.05) is 78.9 Å². The molecule has 0 unspecified atom stereocenters. The van der Waals surface area contributed by atoms with Gasteiger partial charge in [-0.2, -0.15) is 0 Å². The van der Waals surface area contributed by atoms with Crippen molar-refractivity contribution in [2.45, 2.75) is 12.4 Å². The van der Waals surface area contributed by atoms with Gasteiger partial charge in [0.05, 0.1) is 5.75 Å². The molecule has 0 aromatic heterocycles. The highest BCUT2D eigenvalue weighted by molar-refractivity contribution is 7.99. The number of amides is 1. The van der Waals surface area contributed by atoms with Crippen LogP contribution in [0.3, 0.4) is 0 Å². The summed E-state index contributed by atoms with van der Waals surface area (Å²) >= 11 is 7.66. The van der Waals surface area contributed by atoms with Crippen molar-refractivity contribution in [2.24, 2.45) is 0 Å². The van der Waals surface area contributed by atoms with E-state index in [1.165, 1.54) is 11.8 Å². The van der Waals surface area contributed by atoms with Gasteiger partial charge in [0.1, 0.15) is 12.4 Å². The number of nitrogens with one attached hydrogen (secondary N) is 1. The maximum atomic E-state index is 12.1. The highest BCUT2D eigenvalue weighted by Crippen LogP contribution is 2.21. The van der Waals surface area contributed by atoms with Crippen LogP contribution in [-0.4, -0.2) is 11.7 Å². The van der Waals surface area contributed by atoms with E-state index < -0.39 is 0 Å². The third-order valence-corrected chi connectivity index (χ3v) is 5.19. The zero-order valence-electron chi connectivity index (χ0n) is 14.7. The molecule has 0 saturated heterocycles. The molecule has 1 N–H and O–H groups in total. The Bertz CT molecular complexity index is 869. The van der Waals surface area contributed by atoms with E-state index in [0.29, 0.717) is 18.1 Å². The van der Waals surface area contributed by atoms with Crippen LogP contribution in [0.25, 0.3) is 0 Å². The standard InChI is InChI=1S/C22H20ClNO2S/c23-21-9-5-4-8-18(21)15-27-16-22(25)24-19-10-12-20(13-11-19)26-14-17-6-2-1-3-7-17/h1-13H,14-16H2,(H,24,25). The van der Waals surface area contributed by atoms with Gasteiger partial charge >= 0.3 is 0 Å². The molecule has 0 saturated carbocycles. The monoisotopic (exact) mass is 397 g/mol. The van der Waals surface area contributed by atoms with Gasteiger partial charge in [-0.15, -0.1) is 11.8 Å². The smallest absolute Gasteiger partial charge is 0.234 e. The summed E-state index contributed by atoms with van der Waals surface area (Å²) in [5.74, 6) is 1.81. The van der Waals surface area contributed by atoms with Gasteiger partial charge in [0, 0.05) is 16.5 Å². The first kappa shape index (κ1) is 19.3. The Morgan fingerprint density at radius 1 is 0.926 bits per heavy atom. The van der Waals surface area contributed by atoms with Crippen LogP contribution in [0, 0.1) is 0 Å². The van der Waals surface area contributed by atoms with Crippen LogP contribution in [0.2, 0.25) is 5.02 Å². The highest BCUT2D eigenvalue weighted by Gasteiger charge is 2.05. The van der Waals surface area contributed by atoms with E-state index in [4.69, 9.17) is 16.3 Å². The first-order chi connectivity index (χ1) is 13.2. The van der Waals surface area contributed by atoms with Crippen molar-refractivity contribution in [1.82, 2.24) is 0 Å². The number of benzene rings is 3. The molecular weight excluding hydrogens is 378 g/mol. The fourth-order valence-corrected chi connectivity index (χ4v) is 3.55. The molecule has 5 heteroatoms. The van der Waals surface area contributed by atoms with Crippen LogP contribution >= 0.6 is 23.4 Å². The zero-order valence-corrected chi connectivity index (χ0v) is 16.3. The van der Waals surface area contributed by atoms with Gasteiger partial charge in [0.15, 0.2) is 0 Å². The molecule has 138 valence electrons. The highest BCUT2D eigenvalue weighted by atomic mass is 35.5.